The molecule has 0 saturated heterocycles. The molecule has 1 aromatic rings. The minimum atomic E-state index is 0. The molecular formula is C10H17ClN2. The summed E-state index contributed by atoms with van der Waals surface area (Å²) in [4.78, 5) is 4.05. The first-order valence-corrected chi connectivity index (χ1v) is 4.22. The third-order valence-electron chi connectivity index (χ3n) is 1.55. The summed E-state index contributed by atoms with van der Waals surface area (Å²) < 4.78 is 0. The number of pyridine rings is 1. The van der Waals surface area contributed by atoms with Crippen LogP contribution in [0.15, 0.2) is 24.5 Å². The lowest BCUT2D eigenvalue weighted by Crippen LogP contribution is -2.35. The summed E-state index contributed by atoms with van der Waals surface area (Å²) in [5.74, 6) is 0. The molecule has 0 aromatic carbocycles. The second-order valence-corrected chi connectivity index (χ2v) is 3.96. The van der Waals surface area contributed by atoms with Crippen LogP contribution in [0.1, 0.15) is 26.3 Å². The molecule has 0 amide bonds. The van der Waals surface area contributed by atoms with Crippen LogP contribution in [0.3, 0.4) is 0 Å². The summed E-state index contributed by atoms with van der Waals surface area (Å²) in [6, 6.07) is 4.03. The molecule has 2 nitrogen and oxygen atoms in total. The number of halogens is 1. The fourth-order valence-corrected chi connectivity index (χ4v) is 0.870. The van der Waals surface area contributed by atoms with Crippen molar-refractivity contribution < 1.29 is 0 Å². The zero-order valence-corrected chi connectivity index (χ0v) is 9.19. The molecule has 0 fully saturated rings. The highest BCUT2D eigenvalue weighted by atomic mass is 35.5. The molecule has 0 aliphatic carbocycles. The lowest BCUT2D eigenvalue weighted by atomic mass is 10.1. The van der Waals surface area contributed by atoms with E-state index in [9.17, 15) is 0 Å². The molecule has 1 heterocycles. The van der Waals surface area contributed by atoms with Crippen LogP contribution >= 0.6 is 12.4 Å². The Hall–Kier alpha value is -0.600. The third-order valence-corrected chi connectivity index (χ3v) is 1.55. The second-order valence-electron chi connectivity index (χ2n) is 3.96. The molecule has 74 valence electrons. The van der Waals surface area contributed by atoms with E-state index in [4.69, 9.17) is 0 Å². The van der Waals surface area contributed by atoms with E-state index in [0.717, 1.165) is 6.54 Å². The standard InChI is InChI=1S/C10H16N2.ClH/c1-10(2,3)12-8-9-5-4-6-11-7-9;/h4-7,12H,8H2,1-3H3;1H. The first-order chi connectivity index (χ1) is 5.58. The number of nitrogens with one attached hydrogen (secondary N) is 1. The molecule has 0 bridgehead atoms. The number of rotatable bonds is 2. The lowest BCUT2D eigenvalue weighted by Gasteiger charge is -2.20. The Morgan fingerprint density at radius 3 is 2.54 bits per heavy atom. The van der Waals surface area contributed by atoms with Crippen molar-refractivity contribution in [1.29, 1.82) is 0 Å². The highest BCUT2D eigenvalue weighted by Gasteiger charge is 2.07. The second kappa shape index (κ2) is 5.20. The van der Waals surface area contributed by atoms with E-state index in [1.165, 1.54) is 5.56 Å². The Kier molecular flexibility index (Phi) is 4.96. The predicted molar refractivity (Wildman–Crippen MR) is 58.1 cm³/mol. The Bertz CT molecular complexity index is 228. The summed E-state index contributed by atoms with van der Waals surface area (Å²) >= 11 is 0. The predicted octanol–water partition coefficient (Wildman–Crippen LogP) is 2.39. The molecule has 0 saturated carbocycles. The number of nitrogens with zero attached hydrogens (tertiary/aromatic N) is 1. The first kappa shape index (κ1) is 12.4. The SMILES string of the molecule is CC(C)(C)NCc1cccnc1.Cl. The fourth-order valence-electron chi connectivity index (χ4n) is 0.870. The summed E-state index contributed by atoms with van der Waals surface area (Å²) in [7, 11) is 0. The van der Waals surface area contributed by atoms with Crippen LogP contribution < -0.4 is 5.32 Å². The van der Waals surface area contributed by atoms with Crippen molar-refractivity contribution in [2.24, 2.45) is 0 Å². The molecule has 13 heavy (non-hydrogen) atoms. The number of aromatic nitrogens is 1. The van der Waals surface area contributed by atoms with Gasteiger partial charge in [-0.15, -0.1) is 12.4 Å². The van der Waals surface area contributed by atoms with E-state index in [1.54, 1.807) is 6.20 Å². The molecule has 1 N–H and O–H groups in total. The number of hydrogen-bond acceptors (Lipinski definition) is 2. The van der Waals surface area contributed by atoms with Gasteiger partial charge in [0.15, 0.2) is 0 Å². The summed E-state index contributed by atoms with van der Waals surface area (Å²) in [5.41, 5.74) is 1.41. The van der Waals surface area contributed by atoms with Crippen LogP contribution in [0.25, 0.3) is 0 Å². The maximum atomic E-state index is 4.05. The highest BCUT2D eigenvalue weighted by Crippen LogP contribution is 2.02. The third kappa shape index (κ3) is 5.61. The molecule has 0 atom stereocenters. The average Bonchev–Trinajstić information content (AvgIpc) is 2.02. The highest BCUT2D eigenvalue weighted by molar-refractivity contribution is 5.85. The van der Waals surface area contributed by atoms with Gasteiger partial charge in [-0.25, -0.2) is 0 Å². The van der Waals surface area contributed by atoms with E-state index in [-0.39, 0.29) is 17.9 Å². The van der Waals surface area contributed by atoms with E-state index in [0.29, 0.717) is 0 Å². The molecule has 1 rings (SSSR count). The van der Waals surface area contributed by atoms with Crippen LogP contribution in [0.4, 0.5) is 0 Å². The summed E-state index contributed by atoms with van der Waals surface area (Å²) in [5, 5.41) is 3.40. The van der Waals surface area contributed by atoms with Gasteiger partial charge in [-0.05, 0) is 32.4 Å². The van der Waals surface area contributed by atoms with E-state index in [2.05, 4.69) is 37.1 Å². The minimum absolute atomic E-state index is 0. The topological polar surface area (TPSA) is 24.9 Å². The Morgan fingerprint density at radius 2 is 2.08 bits per heavy atom. The van der Waals surface area contributed by atoms with Crippen LogP contribution in [0.2, 0.25) is 0 Å². The Labute approximate surface area is 86.2 Å². The largest absolute Gasteiger partial charge is 0.308 e. The van der Waals surface area contributed by atoms with Crippen molar-refractivity contribution in [3.05, 3.63) is 30.1 Å². The zero-order valence-electron chi connectivity index (χ0n) is 8.37. The van der Waals surface area contributed by atoms with Gasteiger partial charge >= 0.3 is 0 Å². The Morgan fingerprint density at radius 1 is 1.38 bits per heavy atom. The molecule has 0 radical (unpaired) electrons. The molecule has 0 aliphatic rings. The fraction of sp³-hybridized carbons (Fsp3) is 0.500. The van der Waals surface area contributed by atoms with Gasteiger partial charge in [0.2, 0.25) is 0 Å². The van der Waals surface area contributed by atoms with Crippen LogP contribution in [0.5, 0.6) is 0 Å². The average molecular weight is 201 g/mol. The van der Waals surface area contributed by atoms with Gasteiger partial charge in [0.05, 0.1) is 0 Å². The van der Waals surface area contributed by atoms with Crippen molar-refractivity contribution in [3.8, 4) is 0 Å². The molecule has 0 unspecified atom stereocenters. The van der Waals surface area contributed by atoms with Gasteiger partial charge in [0.1, 0.15) is 0 Å². The van der Waals surface area contributed by atoms with Crippen molar-refractivity contribution in [3.63, 3.8) is 0 Å². The van der Waals surface area contributed by atoms with E-state index < -0.39 is 0 Å². The molecule has 1 aromatic heterocycles. The van der Waals surface area contributed by atoms with Crippen LogP contribution in [-0.4, -0.2) is 10.5 Å². The number of hydrogen-bond donors (Lipinski definition) is 1. The van der Waals surface area contributed by atoms with Gasteiger partial charge in [0.25, 0.3) is 0 Å². The van der Waals surface area contributed by atoms with Gasteiger partial charge < -0.3 is 5.32 Å². The molecular weight excluding hydrogens is 184 g/mol. The van der Waals surface area contributed by atoms with Gasteiger partial charge in [-0.1, -0.05) is 6.07 Å². The van der Waals surface area contributed by atoms with Gasteiger partial charge in [0, 0.05) is 24.5 Å². The first-order valence-electron chi connectivity index (χ1n) is 4.22. The smallest absolute Gasteiger partial charge is 0.0312 e. The zero-order chi connectivity index (χ0) is 9.03. The van der Waals surface area contributed by atoms with E-state index in [1.807, 2.05) is 12.3 Å². The van der Waals surface area contributed by atoms with Crippen molar-refractivity contribution in [1.82, 2.24) is 10.3 Å². The summed E-state index contributed by atoms with van der Waals surface area (Å²) in [6.45, 7) is 7.35. The van der Waals surface area contributed by atoms with Crippen LogP contribution in [0, 0.1) is 0 Å². The lowest BCUT2D eigenvalue weighted by molar-refractivity contribution is 0.424. The maximum Gasteiger partial charge on any atom is 0.0312 e. The molecule has 0 aliphatic heterocycles. The monoisotopic (exact) mass is 200 g/mol. The maximum absolute atomic E-state index is 4.05. The Balaban J connectivity index is 0.00000144. The van der Waals surface area contributed by atoms with Crippen molar-refractivity contribution in [2.75, 3.05) is 0 Å². The quantitative estimate of drug-likeness (QED) is 0.793. The van der Waals surface area contributed by atoms with Crippen LogP contribution in [-0.2, 0) is 6.54 Å². The summed E-state index contributed by atoms with van der Waals surface area (Å²) in [6.07, 6.45) is 3.68. The van der Waals surface area contributed by atoms with E-state index >= 15 is 0 Å². The van der Waals surface area contributed by atoms with Crippen molar-refractivity contribution in [2.45, 2.75) is 32.9 Å². The van der Waals surface area contributed by atoms with Crippen molar-refractivity contribution >= 4 is 12.4 Å². The van der Waals surface area contributed by atoms with Gasteiger partial charge in [-0.3, -0.25) is 4.98 Å². The minimum Gasteiger partial charge on any atom is -0.308 e. The molecule has 3 heteroatoms. The molecule has 0 spiro atoms. The van der Waals surface area contributed by atoms with Gasteiger partial charge in [-0.2, -0.15) is 0 Å². The normalized spacial score (nSPS) is 10.7.